The van der Waals surface area contributed by atoms with Crippen molar-refractivity contribution in [2.75, 3.05) is 33.4 Å². The van der Waals surface area contributed by atoms with Crippen LogP contribution in [0.5, 0.6) is 0 Å². The maximum absolute atomic E-state index is 12.9. The van der Waals surface area contributed by atoms with Gasteiger partial charge < -0.3 is 19.5 Å². The number of aromatic nitrogens is 1. The summed E-state index contributed by atoms with van der Waals surface area (Å²) in [6.45, 7) is 4.73. The summed E-state index contributed by atoms with van der Waals surface area (Å²) < 4.78 is 7.34. The molecule has 146 valence electrons. The Bertz CT molecular complexity index is 783. The molecule has 2 aliphatic heterocycles. The van der Waals surface area contributed by atoms with Crippen LogP contribution in [-0.2, 0) is 11.3 Å². The lowest BCUT2D eigenvalue weighted by atomic mass is 9.83. The molecule has 0 saturated carbocycles. The van der Waals surface area contributed by atoms with Crippen molar-refractivity contribution in [1.29, 1.82) is 0 Å². The molecule has 2 fully saturated rings. The van der Waals surface area contributed by atoms with Crippen molar-refractivity contribution < 1.29 is 9.53 Å². The van der Waals surface area contributed by atoms with Crippen molar-refractivity contribution in [1.82, 2.24) is 14.8 Å². The number of rotatable bonds is 6. The van der Waals surface area contributed by atoms with Gasteiger partial charge in [-0.3, -0.25) is 4.79 Å². The van der Waals surface area contributed by atoms with Crippen LogP contribution < -0.4 is 5.32 Å². The fourth-order valence-electron chi connectivity index (χ4n) is 4.94. The van der Waals surface area contributed by atoms with Gasteiger partial charge in [0.1, 0.15) is 0 Å². The maximum Gasteiger partial charge on any atom is 0.251 e. The van der Waals surface area contributed by atoms with Crippen molar-refractivity contribution in [3.8, 4) is 0 Å². The van der Waals surface area contributed by atoms with Gasteiger partial charge in [-0.1, -0.05) is 12.5 Å². The first-order valence-electron chi connectivity index (χ1n) is 10.4. The summed E-state index contributed by atoms with van der Waals surface area (Å²) >= 11 is 0. The van der Waals surface area contributed by atoms with Gasteiger partial charge in [0.05, 0.1) is 6.61 Å². The second-order valence-electron chi connectivity index (χ2n) is 7.95. The Labute approximate surface area is 161 Å². The SMILES string of the molecule is COCCn1ccc2c(C(=O)NC[C@@H]3CCCN4CCCC[C@H]34)cccc21. The quantitative estimate of drug-likeness (QED) is 0.850. The highest BCUT2D eigenvalue weighted by atomic mass is 16.5. The molecule has 0 bridgehead atoms. The molecule has 0 aliphatic carbocycles. The van der Waals surface area contributed by atoms with E-state index >= 15 is 0 Å². The minimum atomic E-state index is 0.0537. The molecule has 0 unspecified atom stereocenters. The highest BCUT2D eigenvalue weighted by Gasteiger charge is 2.33. The van der Waals surface area contributed by atoms with E-state index in [9.17, 15) is 4.79 Å². The van der Waals surface area contributed by atoms with Crippen molar-refractivity contribution in [3.63, 3.8) is 0 Å². The molecule has 1 aromatic heterocycles. The summed E-state index contributed by atoms with van der Waals surface area (Å²) in [6, 6.07) is 8.70. The third-order valence-electron chi connectivity index (χ3n) is 6.35. The largest absolute Gasteiger partial charge is 0.383 e. The highest BCUT2D eigenvalue weighted by Crippen LogP contribution is 2.30. The van der Waals surface area contributed by atoms with Crippen molar-refractivity contribution in [2.45, 2.75) is 44.7 Å². The highest BCUT2D eigenvalue weighted by molar-refractivity contribution is 6.06. The van der Waals surface area contributed by atoms with E-state index in [0.29, 0.717) is 18.6 Å². The fourth-order valence-corrected chi connectivity index (χ4v) is 4.94. The van der Waals surface area contributed by atoms with Gasteiger partial charge in [0.15, 0.2) is 0 Å². The average Bonchev–Trinajstić information content (AvgIpc) is 3.13. The lowest BCUT2D eigenvalue weighted by molar-refractivity contribution is 0.0576. The normalized spacial score (nSPS) is 23.3. The molecule has 3 heterocycles. The summed E-state index contributed by atoms with van der Waals surface area (Å²) in [5.74, 6) is 0.645. The Morgan fingerprint density at radius 2 is 2.07 bits per heavy atom. The molecule has 2 atom stereocenters. The Kier molecular flexibility index (Phi) is 5.79. The first kappa shape index (κ1) is 18.5. The zero-order valence-electron chi connectivity index (χ0n) is 16.3. The van der Waals surface area contributed by atoms with Gasteiger partial charge in [-0.05, 0) is 62.9 Å². The summed E-state index contributed by atoms with van der Waals surface area (Å²) in [7, 11) is 1.71. The van der Waals surface area contributed by atoms with Crippen LogP contribution >= 0.6 is 0 Å². The average molecular weight is 370 g/mol. The molecule has 2 saturated heterocycles. The van der Waals surface area contributed by atoms with Gasteiger partial charge in [-0.15, -0.1) is 0 Å². The molecule has 2 aromatic rings. The molecule has 27 heavy (non-hydrogen) atoms. The third-order valence-corrected chi connectivity index (χ3v) is 6.35. The number of nitrogens with zero attached hydrogens (tertiary/aromatic N) is 2. The second-order valence-corrected chi connectivity index (χ2v) is 7.95. The maximum atomic E-state index is 12.9. The van der Waals surface area contributed by atoms with Crippen LogP contribution in [0.2, 0.25) is 0 Å². The predicted octanol–water partition coefficient (Wildman–Crippen LogP) is 3.28. The minimum absolute atomic E-state index is 0.0537. The smallest absolute Gasteiger partial charge is 0.251 e. The van der Waals surface area contributed by atoms with Crippen LogP contribution in [0, 0.1) is 5.92 Å². The van der Waals surface area contributed by atoms with Crippen LogP contribution in [0.4, 0.5) is 0 Å². The molecular formula is C22H31N3O2. The number of ether oxygens (including phenoxy) is 1. The standard InChI is InChI=1S/C22H31N3O2/c1-27-15-14-25-13-10-18-19(7-4-9-21(18)25)22(26)23-16-17-6-5-12-24-11-3-2-8-20(17)24/h4,7,9-10,13,17,20H,2-3,5-6,8,11-12,14-16H2,1H3,(H,23,26)/t17-,20+/m0/s1. The number of methoxy groups -OCH3 is 1. The van der Waals surface area contributed by atoms with E-state index in [-0.39, 0.29) is 5.91 Å². The fraction of sp³-hybridized carbons (Fsp3) is 0.591. The Morgan fingerprint density at radius 1 is 1.19 bits per heavy atom. The third kappa shape index (κ3) is 3.90. The van der Waals surface area contributed by atoms with Gasteiger partial charge in [0.2, 0.25) is 0 Å². The molecule has 1 aromatic carbocycles. The number of amides is 1. The van der Waals surface area contributed by atoms with Gasteiger partial charge in [-0.2, -0.15) is 0 Å². The zero-order valence-corrected chi connectivity index (χ0v) is 16.3. The lowest BCUT2D eigenvalue weighted by Gasteiger charge is -2.44. The number of benzene rings is 1. The Morgan fingerprint density at radius 3 is 2.96 bits per heavy atom. The molecule has 0 radical (unpaired) electrons. The zero-order chi connectivity index (χ0) is 18.6. The Balaban J connectivity index is 1.44. The predicted molar refractivity (Wildman–Crippen MR) is 108 cm³/mol. The number of nitrogens with one attached hydrogen (secondary N) is 1. The van der Waals surface area contributed by atoms with Crippen LogP contribution in [0.1, 0.15) is 42.5 Å². The number of hydrogen-bond donors (Lipinski definition) is 1. The van der Waals surface area contributed by atoms with Crippen molar-refractivity contribution in [2.24, 2.45) is 5.92 Å². The van der Waals surface area contributed by atoms with Crippen molar-refractivity contribution in [3.05, 3.63) is 36.0 Å². The number of hydrogen-bond acceptors (Lipinski definition) is 3. The van der Waals surface area contributed by atoms with E-state index < -0.39 is 0 Å². The van der Waals surface area contributed by atoms with E-state index in [2.05, 4.69) is 20.9 Å². The second kappa shape index (κ2) is 8.44. The number of piperidine rings is 2. The van der Waals surface area contributed by atoms with E-state index in [1.54, 1.807) is 7.11 Å². The topological polar surface area (TPSA) is 46.5 Å². The molecule has 1 amide bonds. The van der Waals surface area contributed by atoms with E-state index in [1.165, 1.54) is 45.2 Å². The lowest BCUT2D eigenvalue weighted by Crippen LogP contribution is -2.51. The van der Waals surface area contributed by atoms with Crippen LogP contribution in [0.15, 0.2) is 30.5 Å². The molecule has 5 nitrogen and oxygen atoms in total. The Hall–Kier alpha value is -1.85. The van der Waals surface area contributed by atoms with E-state index in [0.717, 1.165) is 29.6 Å². The molecule has 5 heteroatoms. The van der Waals surface area contributed by atoms with Gasteiger partial charge in [0.25, 0.3) is 5.91 Å². The van der Waals surface area contributed by atoms with Crippen molar-refractivity contribution >= 4 is 16.8 Å². The molecule has 0 spiro atoms. The van der Waals surface area contributed by atoms with Gasteiger partial charge in [0, 0.05) is 48.9 Å². The van der Waals surface area contributed by atoms with Crippen LogP contribution in [-0.4, -0.2) is 54.8 Å². The number of carbonyl (C=O) groups excluding carboxylic acids is 1. The van der Waals surface area contributed by atoms with E-state index in [4.69, 9.17) is 4.74 Å². The summed E-state index contributed by atoms with van der Waals surface area (Å²) in [4.78, 5) is 15.6. The first-order chi connectivity index (χ1) is 13.3. The molecule has 4 rings (SSSR count). The van der Waals surface area contributed by atoms with Gasteiger partial charge in [-0.25, -0.2) is 0 Å². The van der Waals surface area contributed by atoms with E-state index in [1.807, 2.05) is 24.4 Å². The molecule has 1 N–H and O–H groups in total. The minimum Gasteiger partial charge on any atom is -0.383 e. The van der Waals surface area contributed by atoms with Crippen LogP contribution in [0.3, 0.4) is 0 Å². The summed E-state index contributed by atoms with van der Waals surface area (Å²) in [5.41, 5.74) is 1.87. The number of fused-ring (bicyclic) bond motifs is 2. The monoisotopic (exact) mass is 369 g/mol. The first-order valence-corrected chi connectivity index (χ1v) is 10.4. The van der Waals surface area contributed by atoms with Gasteiger partial charge >= 0.3 is 0 Å². The summed E-state index contributed by atoms with van der Waals surface area (Å²) in [6.07, 6.45) is 8.49. The number of carbonyl (C=O) groups is 1. The summed E-state index contributed by atoms with van der Waals surface area (Å²) in [5, 5.41) is 4.27. The van der Waals surface area contributed by atoms with Crippen LogP contribution in [0.25, 0.3) is 10.9 Å². The molecular weight excluding hydrogens is 338 g/mol. The molecule has 2 aliphatic rings.